The third-order valence-electron chi connectivity index (χ3n) is 1.72. The summed E-state index contributed by atoms with van der Waals surface area (Å²) in [5, 5.41) is 0. The fraction of sp³-hybridized carbons (Fsp3) is 0.400. The maximum Gasteiger partial charge on any atom is 0.137 e. The van der Waals surface area contributed by atoms with E-state index in [0.717, 1.165) is 18.7 Å². The van der Waals surface area contributed by atoms with Gasteiger partial charge in [0.25, 0.3) is 0 Å². The van der Waals surface area contributed by atoms with Gasteiger partial charge in [0, 0.05) is 0 Å². The number of benzene rings is 1. The van der Waals surface area contributed by atoms with E-state index in [9.17, 15) is 0 Å². The Hall–Kier alpha value is -1.02. The van der Waals surface area contributed by atoms with Gasteiger partial charge in [-0.15, -0.1) is 0 Å². The van der Waals surface area contributed by atoms with Crippen LogP contribution in [0.4, 0.5) is 0 Å². The van der Waals surface area contributed by atoms with E-state index in [2.05, 4.69) is 24.8 Å². The van der Waals surface area contributed by atoms with Crippen LogP contribution in [-0.4, -0.2) is 13.2 Å². The first-order valence-corrected chi connectivity index (χ1v) is 4.37. The predicted octanol–water partition coefficient (Wildman–Crippen LogP) is 0.870. The highest BCUT2D eigenvalue weighted by atomic mass is 16.5. The Morgan fingerprint density at radius 1 is 1.42 bits per heavy atom. The molecule has 0 unspecified atom stereocenters. The molecule has 3 N–H and O–H groups in total. The van der Waals surface area contributed by atoms with Gasteiger partial charge in [0.2, 0.25) is 0 Å². The number of hydrogen-bond acceptors (Lipinski definition) is 1. The van der Waals surface area contributed by atoms with Crippen molar-refractivity contribution in [2.24, 2.45) is 0 Å². The molecule has 0 aliphatic heterocycles. The average Bonchev–Trinajstić information content (AvgIpc) is 2.15. The number of rotatable bonds is 4. The van der Waals surface area contributed by atoms with Crippen LogP contribution in [0.2, 0.25) is 0 Å². The Kier molecular flexibility index (Phi) is 3.61. The molecule has 0 aliphatic carbocycles. The van der Waals surface area contributed by atoms with Crippen LogP contribution in [0.1, 0.15) is 12.5 Å². The van der Waals surface area contributed by atoms with Gasteiger partial charge < -0.3 is 10.5 Å². The van der Waals surface area contributed by atoms with E-state index >= 15 is 0 Å². The third-order valence-corrected chi connectivity index (χ3v) is 1.72. The molecule has 1 aromatic rings. The molecule has 0 saturated heterocycles. The molecule has 1 aromatic carbocycles. The number of aryl methyl sites for hydroxylation is 1. The molecule has 0 fully saturated rings. The lowest BCUT2D eigenvalue weighted by Crippen LogP contribution is -2.52. The van der Waals surface area contributed by atoms with Gasteiger partial charge in [0.1, 0.15) is 18.9 Å². The lowest BCUT2D eigenvalue weighted by Gasteiger charge is -2.04. The van der Waals surface area contributed by atoms with Gasteiger partial charge in [-0.05, 0) is 24.1 Å². The van der Waals surface area contributed by atoms with Crippen LogP contribution in [-0.2, 0) is 6.42 Å². The van der Waals surface area contributed by atoms with Crippen LogP contribution in [0.3, 0.4) is 0 Å². The predicted molar refractivity (Wildman–Crippen MR) is 49.1 cm³/mol. The largest absolute Gasteiger partial charge is 0.488 e. The summed E-state index contributed by atoms with van der Waals surface area (Å²) < 4.78 is 5.44. The Bertz CT molecular complexity index is 235. The molecule has 1 rings (SSSR count). The van der Waals surface area contributed by atoms with Gasteiger partial charge >= 0.3 is 0 Å². The fourth-order valence-electron chi connectivity index (χ4n) is 1.05. The van der Waals surface area contributed by atoms with Gasteiger partial charge in [-0.3, -0.25) is 0 Å². The number of hydrogen-bond donors (Lipinski definition) is 1. The molecule has 0 heterocycles. The van der Waals surface area contributed by atoms with Crippen LogP contribution in [0.5, 0.6) is 5.75 Å². The van der Waals surface area contributed by atoms with E-state index in [4.69, 9.17) is 4.74 Å². The summed E-state index contributed by atoms with van der Waals surface area (Å²) in [6, 6.07) is 8.19. The second-order valence-electron chi connectivity index (χ2n) is 2.70. The molecule has 12 heavy (non-hydrogen) atoms. The topological polar surface area (TPSA) is 36.9 Å². The second-order valence-corrected chi connectivity index (χ2v) is 2.70. The molecule has 2 heteroatoms. The molecule has 66 valence electrons. The summed E-state index contributed by atoms with van der Waals surface area (Å²) in [6.45, 7) is 3.66. The Balaban J connectivity index is 2.60. The van der Waals surface area contributed by atoms with E-state index in [1.807, 2.05) is 12.1 Å². The molecule has 0 aromatic heterocycles. The molecule has 0 saturated carbocycles. The maximum absolute atomic E-state index is 5.44. The summed E-state index contributed by atoms with van der Waals surface area (Å²) in [4.78, 5) is 0. The summed E-state index contributed by atoms with van der Waals surface area (Å²) in [7, 11) is 0. The first-order valence-electron chi connectivity index (χ1n) is 4.37. The van der Waals surface area contributed by atoms with Crippen LogP contribution < -0.4 is 10.5 Å². The van der Waals surface area contributed by atoms with Crippen molar-refractivity contribution in [2.45, 2.75) is 13.3 Å². The summed E-state index contributed by atoms with van der Waals surface area (Å²) in [5.74, 6) is 0.956. The second kappa shape index (κ2) is 4.78. The minimum absolute atomic E-state index is 0.702. The van der Waals surface area contributed by atoms with Crippen molar-refractivity contribution in [2.75, 3.05) is 13.2 Å². The molecule has 0 atom stereocenters. The minimum atomic E-state index is 0.702. The zero-order valence-corrected chi connectivity index (χ0v) is 7.55. The Morgan fingerprint density at radius 2 is 2.25 bits per heavy atom. The molecular weight excluding hydrogens is 150 g/mol. The van der Waals surface area contributed by atoms with Gasteiger partial charge in [-0.2, -0.15) is 0 Å². The number of ether oxygens (including phenoxy) is 1. The fourth-order valence-corrected chi connectivity index (χ4v) is 1.05. The Labute approximate surface area is 73.3 Å². The highest BCUT2D eigenvalue weighted by Gasteiger charge is 1.93. The van der Waals surface area contributed by atoms with E-state index in [1.165, 1.54) is 5.56 Å². The maximum atomic E-state index is 5.44. The summed E-state index contributed by atoms with van der Waals surface area (Å²) in [6.07, 6.45) is 1.06. The zero-order valence-electron chi connectivity index (χ0n) is 7.55. The molecule has 2 nitrogen and oxygen atoms in total. The lowest BCUT2D eigenvalue weighted by molar-refractivity contribution is -0.370. The van der Waals surface area contributed by atoms with E-state index < -0.39 is 0 Å². The van der Waals surface area contributed by atoms with Crippen molar-refractivity contribution in [1.82, 2.24) is 0 Å². The average molecular weight is 166 g/mol. The standard InChI is InChI=1S/C10H15NO/c1-2-9-4-3-5-10(8-9)12-7-6-11/h3-5,8H,2,6-7,11H2,1H3/p+1. The third kappa shape index (κ3) is 2.55. The van der Waals surface area contributed by atoms with Crippen LogP contribution >= 0.6 is 0 Å². The molecule has 0 bridgehead atoms. The highest BCUT2D eigenvalue weighted by molar-refractivity contribution is 5.28. The van der Waals surface area contributed by atoms with Gasteiger partial charge in [-0.1, -0.05) is 19.1 Å². The molecule has 0 aliphatic rings. The van der Waals surface area contributed by atoms with Crippen LogP contribution in [0, 0.1) is 0 Å². The van der Waals surface area contributed by atoms with Crippen molar-refractivity contribution in [3.8, 4) is 5.75 Å². The monoisotopic (exact) mass is 166 g/mol. The van der Waals surface area contributed by atoms with Crippen LogP contribution in [0.15, 0.2) is 24.3 Å². The van der Waals surface area contributed by atoms with Crippen molar-refractivity contribution in [1.29, 1.82) is 0 Å². The number of quaternary nitrogens is 1. The highest BCUT2D eigenvalue weighted by Crippen LogP contribution is 2.12. The summed E-state index contributed by atoms with van der Waals surface area (Å²) >= 11 is 0. The quantitative estimate of drug-likeness (QED) is 0.708. The normalized spacial score (nSPS) is 9.83. The van der Waals surface area contributed by atoms with Gasteiger partial charge in [-0.25, -0.2) is 0 Å². The first kappa shape index (κ1) is 9.07. The SMILES string of the molecule is CCc1cccc(OCC[NH3+])c1. The van der Waals surface area contributed by atoms with Crippen molar-refractivity contribution in [3.05, 3.63) is 29.8 Å². The molecular formula is C10H16NO+. The molecule has 0 spiro atoms. The van der Waals surface area contributed by atoms with Gasteiger partial charge in [0.05, 0.1) is 0 Å². The van der Waals surface area contributed by atoms with Crippen molar-refractivity contribution < 1.29 is 10.5 Å². The summed E-state index contributed by atoms with van der Waals surface area (Å²) in [5.41, 5.74) is 5.03. The molecule has 0 amide bonds. The smallest absolute Gasteiger partial charge is 0.137 e. The van der Waals surface area contributed by atoms with E-state index in [0.29, 0.717) is 6.61 Å². The first-order chi connectivity index (χ1) is 5.86. The Morgan fingerprint density at radius 3 is 2.92 bits per heavy atom. The van der Waals surface area contributed by atoms with Gasteiger partial charge in [0.15, 0.2) is 0 Å². The van der Waals surface area contributed by atoms with E-state index in [1.54, 1.807) is 0 Å². The lowest BCUT2D eigenvalue weighted by atomic mass is 10.2. The van der Waals surface area contributed by atoms with Crippen molar-refractivity contribution in [3.63, 3.8) is 0 Å². The van der Waals surface area contributed by atoms with Crippen LogP contribution in [0.25, 0.3) is 0 Å². The van der Waals surface area contributed by atoms with Crippen molar-refractivity contribution >= 4 is 0 Å². The molecule has 0 radical (unpaired) electrons. The zero-order chi connectivity index (χ0) is 8.81. The van der Waals surface area contributed by atoms with E-state index in [-0.39, 0.29) is 0 Å². The minimum Gasteiger partial charge on any atom is -0.488 e.